The van der Waals surface area contributed by atoms with Gasteiger partial charge in [-0.05, 0) is 43.0 Å². The molecule has 1 saturated carbocycles. The van der Waals surface area contributed by atoms with Crippen molar-refractivity contribution < 1.29 is 17.6 Å². The molecule has 136 valence electrons. The highest BCUT2D eigenvalue weighted by Crippen LogP contribution is 2.23. The Kier molecular flexibility index (Phi) is 4.29. The highest BCUT2D eigenvalue weighted by Gasteiger charge is 2.30. The van der Waals surface area contributed by atoms with Gasteiger partial charge in [0, 0.05) is 29.7 Å². The number of rotatable bonds is 7. The minimum absolute atomic E-state index is 0.0138. The van der Waals surface area contributed by atoms with E-state index in [1.54, 1.807) is 0 Å². The number of hydrogen-bond donors (Lipinski definition) is 3. The van der Waals surface area contributed by atoms with Gasteiger partial charge in [-0.25, -0.2) is 13.1 Å². The molecule has 26 heavy (non-hydrogen) atoms. The Morgan fingerprint density at radius 3 is 2.81 bits per heavy atom. The number of carbonyl (C=O) groups excluding carboxylic acids is 1. The van der Waals surface area contributed by atoms with Gasteiger partial charge in [0.1, 0.15) is 0 Å². The Bertz CT molecular complexity index is 1050. The summed E-state index contributed by atoms with van der Waals surface area (Å²) < 4.78 is 31.9. The van der Waals surface area contributed by atoms with Gasteiger partial charge in [-0.1, -0.05) is 18.2 Å². The molecule has 0 unspecified atom stereocenters. The van der Waals surface area contributed by atoms with Crippen LogP contribution in [0.4, 0.5) is 0 Å². The van der Waals surface area contributed by atoms with Crippen molar-refractivity contribution in [1.29, 1.82) is 0 Å². The van der Waals surface area contributed by atoms with Gasteiger partial charge in [0.15, 0.2) is 5.76 Å². The molecule has 2 aromatic heterocycles. The van der Waals surface area contributed by atoms with Crippen molar-refractivity contribution in [3.8, 4) is 0 Å². The lowest BCUT2D eigenvalue weighted by Crippen LogP contribution is -2.26. The van der Waals surface area contributed by atoms with Crippen LogP contribution in [0.1, 0.15) is 29.0 Å². The summed E-state index contributed by atoms with van der Waals surface area (Å²) >= 11 is 0. The van der Waals surface area contributed by atoms with E-state index in [2.05, 4.69) is 15.0 Å². The smallest absolute Gasteiger partial charge is 0.287 e. The van der Waals surface area contributed by atoms with E-state index >= 15 is 0 Å². The normalized spacial score (nSPS) is 14.6. The second-order valence-electron chi connectivity index (χ2n) is 6.38. The van der Waals surface area contributed by atoms with Crippen LogP contribution in [0, 0.1) is 0 Å². The zero-order valence-corrected chi connectivity index (χ0v) is 14.8. The summed E-state index contributed by atoms with van der Waals surface area (Å²) in [5.74, 6) is -0.446. The lowest BCUT2D eigenvalue weighted by Gasteiger charge is -2.03. The number of aromatic amines is 1. The number of furan rings is 1. The Morgan fingerprint density at radius 2 is 2.00 bits per heavy atom. The molecule has 8 heteroatoms. The molecule has 4 rings (SSSR count). The molecule has 0 saturated heterocycles. The van der Waals surface area contributed by atoms with Crippen LogP contribution in [0.15, 0.2) is 52.1 Å². The number of para-hydroxylation sites is 1. The first-order chi connectivity index (χ1) is 12.5. The molecule has 1 aliphatic carbocycles. The lowest BCUT2D eigenvalue weighted by molar-refractivity contribution is 0.0921. The van der Waals surface area contributed by atoms with E-state index in [0.29, 0.717) is 13.0 Å². The SMILES string of the molecule is O=C(NCCc1c[nH]c2ccccc12)c1ccc(S(=O)(=O)NC2CC2)o1. The van der Waals surface area contributed by atoms with E-state index in [4.69, 9.17) is 4.42 Å². The van der Waals surface area contributed by atoms with E-state index < -0.39 is 15.9 Å². The van der Waals surface area contributed by atoms with Gasteiger partial charge in [0.2, 0.25) is 5.09 Å². The fraction of sp³-hybridized carbons (Fsp3) is 0.278. The molecule has 2 heterocycles. The third kappa shape index (κ3) is 3.51. The van der Waals surface area contributed by atoms with E-state index in [1.165, 1.54) is 12.1 Å². The van der Waals surface area contributed by atoms with Crippen LogP contribution in [-0.2, 0) is 16.4 Å². The second-order valence-corrected chi connectivity index (χ2v) is 8.02. The quantitative estimate of drug-likeness (QED) is 0.590. The molecular weight excluding hydrogens is 354 g/mol. The van der Waals surface area contributed by atoms with Crippen molar-refractivity contribution in [2.24, 2.45) is 0 Å². The maximum Gasteiger partial charge on any atom is 0.287 e. The van der Waals surface area contributed by atoms with E-state index in [1.807, 2.05) is 30.5 Å². The van der Waals surface area contributed by atoms with E-state index in [9.17, 15) is 13.2 Å². The minimum atomic E-state index is -3.69. The number of hydrogen-bond acceptors (Lipinski definition) is 4. The van der Waals surface area contributed by atoms with Crippen LogP contribution < -0.4 is 10.0 Å². The zero-order chi connectivity index (χ0) is 18.1. The maximum atomic E-state index is 12.2. The Labute approximate surface area is 150 Å². The highest BCUT2D eigenvalue weighted by atomic mass is 32.2. The second kappa shape index (κ2) is 6.62. The molecule has 1 fully saturated rings. The Morgan fingerprint density at radius 1 is 1.19 bits per heavy atom. The first-order valence-electron chi connectivity index (χ1n) is 8.48. The van der Waals surface area contributed by atoms with Gasteiger partial charge < -0.3 is 14.7 Å². The van der Waals surface area contributed by atoms with Gasteiger partial charge in [0.05, 0.1) is 0 Å². The van der Waals surface area contributed by atoms with Crippen molar-refractivity contribution in [3.63, 3.8) is 0 Å². The zero-order valence-electron chi connectivity index (χ0n) is 14.0. The summed E-state index contributed by atoms with van der Waals surface area (Å²) in [7, 11) is -3.69. The van der Waals surface area contributed by atoms with Gasteiger partial charge in [0.25, 0.3) is 15.9 Å². The van der Waals surface area contributed by atoms with Crippen LogP contribution in [0.25, 0.3) is 10.9 Å². The summed E-state index contributed by atoms with van der Waals surface area (Å²) in [6.07, 6.45) is 4.25. The number of sulfonamides is 1. The van der Waals surface area contributed by atoms with Crippen LogP contribution >= 0.6 is 0 Å². The van der Waals surface area contributed by atoms with Gasteiger partial charge in [-0.15, -0.1) is 0 Å². The number of nitrogens with one attached hydrogen (secondary N) is 3. The first-order valence-corrected chi connectivity index (χ1v) is 9.96. The van der Waals surface area contributed by atoms with Crippen molar-refractivity contribution in [2.45, 2.75) is 30.4 Å². The van der Waals surface area contributed by atoms with Gasteiger partial charge >= 0.3 is 0 Å². The minimum Gasteiger partial charge on any atom is -0.438 e. The summed E-state index contributed by atoms with van der Waals surface area (Å²) in [4.78, 5) is 15.4. The number of fused-ring (bicyclic) bond motifs is 1. The molecule has 0 radical (unpaired) electrons. The number of amides is 1. The molecule has 1 amide bonds. The summed E-state index contributed by atoms with van der Waals surface area (Å²) in [6, 6.07) is 10.6. The van der Waals surface area contributed by atoms with Crippen LogP contribution in [0.3, 0.4) is 0 Å². The van der Waals surface area contributed by atoms with Crippen LogP contribution in [0.5, 0.6) is 0 Å². The molecule has 1 aromatic carbocycles. The van der Waals surface area contributed by atoms with Crippen LogP contribution in [-0.4, -0.2) is 31.9 Å². The third-order valence-electron chi connectivity index (χ3n) is 4.32. The van der Waals surface area contributed by atoms with Crippen molar-refractivity contribution in [3.05, 3.63) is 53.9 Å². The largest absolute Gasteiger partial charge is 0.438 e. The average molecular weight is 373 g/mol. The van der Waals surface area contributed by atoms with Crippen LogP contribution in [0.2, 0.25) is 0 Å². The van der Waals surface area contributed by atoms with Gasteiger partial charge in [-0.2, -0.15) is 0 Å². The fourth-order valence-corrected chi connectivity index (χ4v) is 4.04. The fourth-order valence-electron chi connectivity index (χ4n) is 2.80. The van der Waals surface area contributed by atoms with Crippen molar-refractivity contribution in [2.75, 3.05) is 6.54 Å². The Balaban J connectivity index is 1.36. The third-order valence-corrected chi connectivity index (χ3v) is 5.72. The molecule has 3 N–H and O–H groups in total. The molecule has 1 aliphatic rings. The summed E-state index contributed by atoms with van der Waals surface area (Å²) in [5.41, 5.74) is 2.16. The summed E-state index contributed by atoms with van der Waals surface area (Å²) in [6.45, 7) is 0.420. The Hall–Kier alpha value is -2.58. The van der Waals surface area contributed by atoms with E-state index in [-0.39, 0.29) is 16.9 Å². The topological polar surface area (TPSA) is 104 Å². The molecule has 0 bridgehead atoms. The lowest BCUT2D eigenvalue weighted by atomic mass is 10.1. The number of aromatic nitrogens is 1. The monoisotopic (exact) mass is 373 g/mol. The number of benzene rings is 1. The average Bonchev–Trinajstić information content (AvgIpc) is 3.13. The number of H-pyrrole nitrogens is 1. The maximum absolute atomic E-state index is 12.2. The molecule has 0 atom stereocenters. The number of carbonyl (C=O) groups is 1. The predicted octanol–water partition coefficient (Wildman–Crippen LogP) is 2.17. The summed E-state index contributed by atoms with van der Waals surface area (Å²) in [5, 5.41) is 3.65. The molecule has 0 spiro atoms. The van der Waals surface area contributed by atoms with Crippen molar-refractivity contribution >= 4 is 26.8 Å². The predicted molar refractivity (Wildman–Crippen MR) is 96.4 cm³/mol. The highest BCUT2D eigenvalue weighted by molar-refractivity contribution is 7.89. The van der Waals surface area contributed by atoms with E-state index in [0.717, 1.165) is 29.3 Å². The molecule has 0 aliphatic heterocycles. The molecule has 3 aromatic rings. The van der Waals surface area contributed by atoms with Crippen molar-refractivity contribution in [1.82, 2.24) is 15.0 Å². The molecule has 7 nitrogen and oxygen atoms in total. The molecular formula is C18H19N3O4S. The van der Waals surface area contributed by atoms with Gasteiger partial charge in [-0.3, -0.25) is 4.79 Å². The standard InChI is InChI=1S/C18H19N3O4S/c22-18(16-7-8-17(25-16)26(23,24)21-13-5-6-13)19-10-9-12-11-20-15-4-2-1-3-14(12)15/h1-4,7-8,11,13,20-21H,5-6,9-10H2,(H,19,22). The first kappa shape index (κ1) is 16.9.